The topological polar surface area (TPSA) is 64.4 Å². The summed E-state index contributed by atoms with van der Waals surface area (Å²) in [7, 11) is 0. The molecule has 5 nitrogen and oxygen atoms in total. The van der Waals surface area contributed by atoms with Crippen LogP contribution in [0.25, 0.3) is 0 Å². The highest BCUT2D eigenvalue weighted by molar-refractivity contribution is 5.35. The summed E-state index contributed by atoms with van der Waals surface area (Å²) < 4.78 is 5.27. The van der Waals surface area contributed by atoms with Gasteiger partial charge in [-0.05, 0) is 31.9 Å². The van der Waals surface area contributed by atoms with E-state index in [0.717, 1.165) is 38.2 Å². The van der Waals surface area contributed by atoms with Gasteiger partial charge in [-0.15, -0.1) is 0 Å². The Bertz CT molecular complexity index is 500. The molecule has 1 aliphatic rings. The summed E-state index contributed by atoms with van der Waals surface area (Å²) in [5.74, 6) is 0. The van der Waals surface area contributed by atoms with E-state index in [1.165, 1.54) is 11.6 Å². The van der Waals surface area contributed by atoms with Crippen LogP contribution >= 0.6 is 0 Å². The van der Waals surface area contributed by atoms with Crippen molar-refractivity contribution in [2.75, 3.05) is 19.8 Å². The molecule has 0 fully saturated rings. The van der Waals surface area contributed by atoms with Gasteiger partial charge < -0.3 is 10.1 Å². The van der Waals surface area contributed by atoms with E-state index in [4.69, 9.17) is 4.74 Å². The number of non-ortho nitro benzene ring substituents is 1. The molecule has 1 aromatic rings. The number of hydrogen-bond acceptors (Lipinski definition) is 4. The van der Waals surface area contributed by atoms with Gasteiger partial charge in [0.15, 0.2) is 0 Å². The van der Waals surface area contributed by atoms with Crippen molar-refractivity contribution >= 4 is 5.69 Å². The van der Waals surface area contributed by atoms with E-state index in [1.807, 2.05) is 13.0 Å². The third-order valence-electron chi connectivity index (χ3n) is 3.54. The number of rotatable bonds is 6. The molecule has 0 spiro atoms. The first-order valence-electron chi connectivity index (χ1n) is 6.90. The molecule has 0 aromatic heterocycles. The van der Waals surface area contributed by atoms with Gasteiger partial charge in [-0.25, -0.2) is 0 Å². The van der Waals surface area contributed by atoms with Crippen molar-refractivity contribution in [3.63, 3.8) is 0 Å². The van der Waals surface area contributed by atoms with E-state index in [2.05, 4.69) is 11.4 Å². The fraction of sp³-hybridized carbons (Fsp3) is 0.467. The number of hydrogen-bond donors (Lipinski definition) is 1. The number of ether oxygens (including phenoxy) is 1. The summed E-state index contributed by atoms with van der Waals surface area (Å²) in [6.45, 7) is 4.43. The minimum atomic E-state index is -0.358. The van der Waals surface area contributed by atoms with Crippen LogP contribution < -0.4 is 5.32 Å². The van der Waals surface area contributed by atoms with Crippen LogP contribution in [-0.4, -0.2) is 24.7 Å². The second-order valence-corrected chi connectivity index (χ2v) is 4.97. The molecule has 0 saturated heterocycles. The molecule has 1 N–H and O–H groups in total. The average Bonchev–Trinajstić information content (AvgIpc) is 2.48. The summed E-state index contributed by atoms with van der Waals surface area (Å²) in [6.07, 6.45) is 4.15. The molecule has 0 bridgehead atoms. The van der Waals surface area contributed by atoms with Crippen LogP contribution in [0.1, 0.15) is 31.4 Å². The highest BCUT2D eigenvalue weighted by Gasteiger charge is 2.11. The Morgan fingerprint density at radius 1 is 1.50 bits per heavy atom. The third kappa shape index (κ3) is 4.15. The second-order valence-electron chi connectivity index (χ2n) is 4.97. The van der Waals surface area contributed by atoms with Gasteiger partial charge in [0.2, 0.25) is 0 Å². The fourth-order valence-corrected chi connectivity index (χ4v) is 2.27. The van der Waals surface area contributed by atoms with Crippen molar-refractivity contribution in [3.05, 3.63) is 51.6 Å². The quantitative estimate of drug-likeness (QED) is 0.493. The maximum Gasteiger partial charge on any atom is 0.269 e. The van der Waals surface area contributed by atoms with Gasteiger partial charge in [-0.2, -0.15) is 0 Å². The van der Waals surface area contributed by atoms with Gasteiger partial charge in [0.25, 0.3) is 5.69 Å². The second kappa shape index (κ2) is 7.17. The van der Waals surface area contributed by atoms with Crippen molar-refractivity contribution < 1.29 is 9.66 Å². The summed E-state index contributed by atoms with van der Waals surface area (Å²) >= 11 is 0. The molecule has 1 heterocycles. The molecule has 0 saturated carbocycles. The monoisotopic (exact) mass is 276 g/mol. The Labute approximate surface area is 118 Å². The predicted octanol–water partition coefficient (Wildman–Crippen LogP) is 2.98. The van der Waals surface area contributed by atoms with Gasteiger partial charge in [-0.1, -0.05) is 23.8 Å². The summed E-state index contributed by atoms with van der Waals surface area (Å²) in [5.41, 5.74) is 2.51. The van der Waals surface area contributed by atoms with Crippen molar-refractivity contribution in [3.8, 4) is 0 Å². The van der Waals surface area contributed by atoms with Crippen molar-refractivity contribution in [1.29, 1.82) is 0 Å². The lowest BCUT2D eigenvalue weighted by molar-refractivity contribution is -0.384. The Morgan fingerprint density at radius 3 is 3.05 bits per heavy atom. The summed E-state index contributed by atoms with van der Waals surface area (Å²) in [5, 5.41) is 14.2. The normalized spacial score (nSPS) is 16.6. The van der Waals surface area contributed by atoms with E-state index in [0.29, 0.717) is 0 Å². The van der Waals surface area contributed by atoms with E-state index < -0.39 is 0 Å². The highest BCUT2D eigenvalue weighted by atomic mass is 16.6. The van der Waals surface area contributed by atoms with E-state index >= 15 is 0 Å². The summed E-state index contributed by atoms with van der Waals surface area (Å²) in [6, 6.07) is 6.90. The fourth-order valence-electron chi connectivity index (χ4n) is 2.27. The van der Waals surface area contributed by atoms with Gasteiger partial charge in [0.05, 0.1) is 18.1 Å². The lowest BCUT2D eigenvalue weighted by Crippen LogP contribution is -2.21. The first-order valence-corrected chi connectivity index (χ1v) is 6.90. The standard InChI is InChI=1S/C15H20N2O3/c1-12(14-3-2-4-15(11-14)17(18)19)16-8-5-13-6-9-20-10-7-13/h2-4,6,11-12,16H,5,7-10H2,1H3/t12-/m1/s1. The van der Waals surface area contributed by atoms with Gasteiger partial charge in [-0.3, -0.25) is 10.1 Å². The van der Waals surface area contributed by atoms with Crippen LogP contribution in [0.2, 0.25) is 0 Å². The molecular formula is C15H20N2O3. The minimum Gasteiger partial charge on any atom is -0.377 e. The van der Waals surface area contributed by atoms with Crippen molar-refractivity contribution in [1.82, 2.24) is 5.32 Å². The maximum atomic E-state index is 10.8. The Morgan fingerprint density at radius 2 is 2.35 bits per heavy atom. The molecule has 0 amide bonds. The largest absolute Gasteiger partial charge is 0.377 e. The van der Waals surface area contributed by atoms with Crippen LogP contribution in [0.4, 0.5) is 5.69 Å². The van der Waals surface area contributed by atoms with Gasteiger partial charge in [0.1, 0.15) is 0 Å². The number of nitrogens with one attached hydrogen (secondary N) is 1. The van der Waals surface area contributed by atoms with E-state index in [1.54, 1.807) is 12.1 Å². The molecule has 2 rings (SSSR count). The highest BCUT2D eigenvalue weighted by Crippen LogP contribution is 2.19. The molecular weight excluding hydrogens is 256 g/mol. The lowest BCUT2D eigenvalue weighted by atomic mass is 10.1. The number of nitro benzene ring substituents is 1. The molecule has 20 heavy (non-hydrogen) atoms. The molecule has 1 aliphatic heterocycles. The van der Waals surface area contributed by atoms with E-state index in [-0.39, 0.29) is 16.7 Å². The number of nitrogens with zero attached hydrogens (tertiary/aromatic N) is 1. The van der Waals surface area contributed by atoms with Crippen molar-refractivity contribution in [2.45, 2.75) is 25.8 Å². The first kappa shape index (κ1) is 14.7. The Balaban J connectivity index is 1.85. The molecule has 108 valence electrons. The zero-order valence-corrected chi connectivity index (χ0v) is 11.7. The molecule has 1 atom stereocenters. The molecule has 1 aromatic carbocycles. The van der Waals surface area contributed by atoms with Gasteiger partial charge in [0, 0.05) is 18.2 Å². The van der Waals surface area contributed by atoms with Crippen LogP contribution in [0.5, 0.6) is 0 Å². The molecule has 0 radical (unpaired) electrons. The van der Waals surface area contributed by atoms with Crippen LogP contribution in [-0.2, 0) is 4.74 Å². The van der Waals surface area contributed by atoms with Crippen LogP contribution in [0, 0.1) is 10.1 Å². The predicted molar refractivity (Wildman–Crippen MR) is 77.7 cm³/mol. The first-order chi connectivity index (χ1) is 9.66. The maximum absolute atomic E-state index is 10.8. The van der Waals surface area contributed by atoms with E-state index in [9.17, 15) is 10.1 Å². The average molecular weight is 276 g/mol. The lowest BCUT2D eigenvalue weighted by Gasteiger charge is -2.17. The zero-order valence-electron chi connectivity index (χ0n) is 11.7. The number of nitro groups is 1. The third-order valence-corrected chi connectivity index (χ3v) is 3.54. The SMILES string of the molecule is C[C@@H](NCCC1=CCOCC1)c1cccc([N+](=O)[O-])c1. The Hall–Kier alpha value is -1.72. The molecule has 0 aliphatic carbocycles. The van der Waals surface area contributed by atoms with Crippen LogP contribution in [0.3, 0.4) is 0 Å². The van der Waals surface area contributed by atoms with Gasteiger partial charge >= 0.3 is 0 Å². The van der Waals surface area contributed by atoms with Crippen molar-refractivity contribution in [2.24, 2.45) is 0 Å². The zero-order chi connectivity index (χ0) is 14.4. The summed E-state index contributed by atoms with van der Waals surface area (Å²) in [4.78, 5) is 10.4. The minimum absolute atomic E-state index is 0.107. The molecule has 5 heteroatoms. The Kier molecular flexibility index (Phi) is 5.26. The number of benzene rings is 1. The molecule has 0 unspecified atom stereocenters. The van der Waals surface area contributed by atoms with Crippen LogP contribution in [0.15, 0.2) is 35.9 Å². The smallest absolute Gasteiger partial charge is 0.269 e.